The van der Waals surface area contributed by atoms with Crippen molar-refractivity contribution in [1.82, 2.24) is 5.23 Å². The van der Waals surface area contributed by atoms with E-state index in [1.165, 1.54) is 0 Å². The molecular weight excluding hydrogens is 198 g/mol. The van der Waals surface area contributed by atoms with Gasteiger partial charge in [-0.2, -0.15) is 0 Å². The first-order valence-electron chi connectivity index (χ1n) is 4.48. The molecule has 5 heteroatoms. The average molecular weight is 211 g/mol. The first kappa shape index (κ1) is 11.6. The second-order valence-corrected chi connectivity index (χ2v) is 3.16. The molecule has 0 heterocycles. The van der Waals surface area contributed by atoms with E-state index >= 15 is 0 Å². The van der Waals surface area contributed by atoms with E-state index in [4.69, 9.17) is 15.5 Å². The predicted octanol–water partition coefficient (Wildman–Crippen LogP) is 1.21. The summed E-state index contributed by atoms with van der Waals surface area (Å²) in [6.45, 7) is 1.77. The monoisotopic (exact) mass is 211 g/mol. The van der Waals surface area contributed by atoms with Crippen LogP contribution in [0, 0.1) is 5.92 Å². The van der Waals surface area contributed by atoms with Crippen LogP contribution in [0.4, 0.5) is 0 Å². The summed E-state index contributed by atoms with van der Waals surface area (Å²) in [5.41, 5.74) is 0.734. The molecule has 0 saturated carbocycles. The second-order valence-electron chi connectivity index (χ2n) is 3.16. The molecule has 2 unspecified atom stereocenters. The van der Waals surface area contributed by atoms with Gasteiger partial charge >= 0.3 is 5.97 Å². The zero-order chi connectivity index (χ0) is 11.4. The fourth-order valence-electron chi connectivity index (χ4n) is 1.54. The van der Waals surface area contributed by atoms with E-state index in [0.717, 1.165) is 5.57 Å². The molecule has 0 aliphatic heterocycles. The molecule has 0 aromatic carbocycles. The summed E-state index contributed by atoms with van der Waals surface area (Å²) >= 11 is 0. The van der Waals surface area contributed by atoms with Gasteiger partial charge in [-0.1, -0.05) is 35.6 Å². The van der Waals surface area contributed by atoms with Crippen LogP contribution >= 0.6 is 0 Å². The standard InChI is InChI=1S/C10H13NO4/c1-2-7-5-3-4-6-8(7)9(10(12)13)11(14)15/h2-6,8-9,14-15H,1H3,(H,12,13). The van der Waals surface area contributed by atoms with Crippen molar-refractivity contribution < 1.29 is 20.3 Å². The lowest BCUT2D eigenvalue weighted by molar-refractivity contribution is -0.331. The minimum absolute atomic E-state index is 0.264. The van der Waals surface area contributed by atoms with Crippen molar-refractivity contribution in [2.45, 2.75) is 13.0 Å². The van der Waals surface area contributed by atoms with E-state index in [-0.39, 0.29) is 5.23 Å². The highest BCUT2D eigenvalue weighted by Crippen LogP contribution is 2.24. The van der Waals surface area contributed by atoms with Crippen molar-refractivity contribution in [3.8, 4) is 0 Å². The molecule has 5 nitrogen and oxygen atoms in total. The maximum atomic E-state index is 10.9. The molecule has 1 aliphatic rings. The molecular formula is C10H13NO4. The van der Waals surface area contributed by atoms with E-state index in [9.17, 15) is 4.79 Å². The molecule has 2 atom stereocenters. The van der Waals surface area contributed by atoms with Crippen LogP contribution in [0.2, 0.25) is 0 Å². The Hall–Kier alpha value is -1.43. The molecule has 0 saturated heterocycles. The Morgan fingerprint density at radius 3 is 2.67 bits per heavy atom. The summed E-state index contributed by atoms with van der Waals surface area (Å²) in [4.78, 5) is 10.9. The van der Waals surface area contributed by atoms with Gasteiger partial charge in [-0.3, -0.25) is 15.2 Å². The maximum Gasteiger partial charge on any atom is 0.326 e. The van der Waals surface area contributed by atoms with Gasteiger partial charge in [-0.05, 0) is 12.5 Å². The summed E-state index contributed by atoms with van der Waals surface area (Å²) in [5.74, 6) is -1.85. The summed E-state index contributed by atoms with van der Waals surface area (Å²) in [7, 11) is 0. The maximum absolute atomic E-state index is 10.9. The largest absolute Gasteiger partial charge is 0.480 e. The zero-order valence-electron chi connectivity index (χ0n) is 8.24. The molecule has 0 bridgehead atoms. The minimum atomic E-state index is -1.39. The summed E-state index contributed by atoms with van der Waals surface area (Å²) < 4.78 is 0. The van der Waals surface area contributed by atoms with Crippen molar-refractivity contribution in [3.05, 3.63) is 36.0 Å². The van der Waals surface area contributed by atoms with Crippen LogP contribution < -0.4 is 0 Å². The van der Waals surface area contributed by atoms with Crippen molar-refractivity contribution in [2.24, 2.45) is 5.92 Å². The zero-order valence-corrected chi connectivity index (χ0v) is 8.24. The molecule has 0 radical (unpaired) electrons. The van der Waals surface area contributed by atoms with E-state index in [2.05, 4.69) is 0 Å². The van der Waals surface area contributed by atoms with Crippen LogP contribution in [0.3, 0.4) is 0 Å². The normalized spacial score (nSPS) is 24.8. The Bertz CT molecular complexity index is 330. The number of hydrogen-bond donors (Lipinski definition) is 3. The Labute approximate surface area is 87.2 Å². The molecule has 0 aromatic heterocycles. The second kappa shape index (κ2) is 4.88. The number of allylic oxidation sites excluding steroid dienone is 4. The van der Waals surface area contributed by atoms with Crippen LogP contribution in [-0.2, 0) is 4.79 Å². The lowest BCUT2D eigenvalue weighted by Crippen LogP contribution is -2.42. The first-order valence-corrected chi connectivity index (χ1v) is 4.48. The number of carboxylic acid groups (broad SMARTS) is 1. The van der Waals surface area contributed by atoms with Gasteiger partial charge in [0.05, 0.1) is 0 Å². The number of carbonyl (C=O) groups is 1. The number of aliphatic carboxylic acids is 1. The van der Waals surface area contributed by atoms with Gasteiger partial charge in [0.1, 0.15) is 0 Å². The van der Waals surface area contributed by atoms with Gasteiger partial charge in [0.2, 0.25) is 0 Å². The molecule has 1 aliphatic carbocycles. The molecule has 0 spiro atoms. The average Bonchev–Trinajstić information content (AvgIpc) is 2.17. The van der Waals surface area contributed by atoms with Crippen LogP contribution in [0.25, 0.3) is 0 Å². The van der Waals surface area contributed by atoms with Crippen molar-refractivity contribution >= 4 is 5.97 Å². The lowest BCUT2D eigenvalue weighted by atomic mass is 9.88. The third-order valence-electron chi connectivity index (χ3n) is 2.28. The van der Waals surface area contributed by atoms with E-state index in [0.29, 0.717) is 0 Å². The summed E-state index contributed by atoms with van der Waals surface area (Å²) in [6, 6.07) is -1.39. The van der Waals surface area contributed by atoms with E-state index in [1.54, 1.807) is 37.3 Å². The number of carboxylic acids is 1. The molecule has 0 fully saturated rings. The fourth-order valence-corrected chi connectivity index (χ4v) is 1.54. The van der Waals surface area contributed by atoms with Crippen LogP contribution in [0.15, 0.2) is 36.0 Å². The van der Waals surface area contributed by atoms with Gasteiger partial charge in [0, 0.05) is 5.92 Å². The van der Waals surface area contributed by atoms with Crippen molar-refractivity contribution in [1.29, 1.82) is 0 Å². The molecule has 0 amide bonds. The highest BCUT2D eigenvalue weighted by molar-refractivity contribution is 5.75. The SMILES string of the molecule is CC=C1C=CC=CC1C(C(=O)O)N(O)O. The molecule has 15 heavy (non-hydrogen) atoms. The number of rotatable bonds is 3. The Morgan fingerprint density at radius 2 is 2.20 bits per heavy atom. The smallest absolute Gasteiger partial charge is 0.326 e. The quantitative estimate of drug-likeness (QED) is 0.611. The lowest BCUT2D eigenvalue weighted by Gasteiger charge is -2.25. The molecule has 0 aromatic rings. The van der Waals surface area contributed by atoms with E-state index < -0.39 is 17.9 Å². The van der Waals surface area contributed by atoms with Crippen molar-refractivity contribution in [3.63, 3.8) is 0 Å². The highest BCUT2D eigenvalue weighted by atomic mass is 16.8. The number of hydrogen-bond acceptors (Lipinski definition) is 4. The van der Waals surface area contributed by atoms with E-state index in [1.807, 2.05) is 0 Å². The Kier molecular flexibility index (Phi) is 3.79. The molecule has 82 valence electrons. The van der Waals surface area contributed by atoms with Crippen LogP contribution in [0.1, 0.15) is 6.92 Å². The van der Waals surface area contributed by atoms with Gasteiger partial charge < -0.3 is 5.11 Å². The van der Waals surface area contributed by atoms with Gasteiger partial charge in [0.25, 0.3) is 0 Å². The van der Waals surface area contributed by atoms with Crippen LogP contribution in [0.5, 0.6) is 0 Å². The Balaban J connectivity index is 2.98. The first-order chi connectivity index (χ1) is 7.07. The predicted molar refractivity (Wildman–Crippen MR) is 52.4 cm³/mol. The summed E-state index contributed by atoms with van der Waals surface area (Å²) in [5, 5.41) is 26.3. The Morgan fingerprint density at radius 1 is 1.53 bits per heavy atom. The third kappa shape index (κ3) is 2.53. The van der Waals surface area contributed by atoms with Crippen molar-refractivity contribution in [2.75, 3.05) is 0 Å². The highest BCUT2D eigenvalue weighted by Gasteiger charge is 2.33. The van der Waals surface area contributed by atoms with Gasteiger partial charge in [0.15, 0.2) is 6.04 Å². The number of nitrogens with zero attached hydrogens (tertiary/aromatic N) is 1. The van der Waals surface area contributed by atoms with Gasteiger partial charge in [-0.25, -0.2) is 0 Å². The van der Waals surface area contributed by atoms with Gasteiger partial charge in [-0.15, -0.1) is 0 Å². The third-order valence-corrected chi connectivity index (χ3v) is 2.28. The summed E-state index contributed by atoms with van der Waals surface area (Å²) in [6.07, 6.45) is 8.54. The molecule has 3 N–H and O–H groups in total. The minimum Gasteiger partial charge on any atom is -0.480 e. The topological polar surface area (TPSA) is 81.0 Å². The molecule has 1 rings (SSSR count). The number of hydroxylamine groups is 2. The fraction of sp³-hybridized carbons (Fsp3) is 0.300. The van der Waals surface area contributed by atoms with Crippen LogP contribution in [-0.4, -0.2) is 32.8 Å².